The van der Waals surface area contributed by atoms with Crippen LogP contribution in [0.1, 0.15) is 6.42 Å². The van der Waals surface area contributed by atoms with Crippen molar-refractivity contribution in [2.45, 2.75) is 12.5 Å². The molecule has 0 bridgehead atoms. The molecule has 1 rings (SSSR count). The molecule has 0 aliphatic carbocycles. The normalized spacial score (nSPS) is 20.2. The molecule has 0 aromatic rings. The Bertz CT molecular complexity index is 240. The van der Waals surface area contributed by atoms with Crippen LogP contribution in [0.3, 0.4) is 0 Å². The minimum absolute atomic E-state index is 0.196. The second kappa shape index (κ2) is 5.04. The third-order valence-corrected chi connectivity index (χ3v) is 0.938. The minimum Gasteiger partial charge on any atom is -0.391 e. The van der Waals surface area contributed by atoms with Crippen molar-refractivity contribution in [2.75, 3.05) is 0 Å². The SMILES string of the molecule is C=CC#N.O=C1CC(O)C(=O)O1. The average molecular weight is 169 g/mol. The summed E-state index contributed by atoms with van der Waals surface area (Å²) in [6.45, 7) is 3.12. The summed E-state index contributed by atoms with van der Waals surface area (Å²) in [6, 6.07) is 1.69. The first kappa shape index (κ1) is 10.3. The standard InChI is InChI=1S/C4H4O4.C3H3N/c5-2-1-3(6)8-4(2)7;1-2-3-4/h2,5H,1H2;2H,1H2. The van der Waals surface area contributed by atoms with Gasteiger partial charge in [0.15, 0.2) is 6.10 Å². The van der Waals surface area contributed by atoms with E-state index in [9.17, 15) is 9.59 Å². The Hall–Kier alpha value is -1.67. The zero-order chi connectivity index (χ0) is 9.56. The molecular formula is C7H7NO4. The fraction of sp³-hybridized carbons (Fsp3) is 0.286. The van der Waals surface area contributed by atoms with Gasteiger partial charge in [-0.3, -0.25) is 4.79 Å². The Morgan fingerprint density at radius 2 is 2.25 bits per heavy atom. The smallest absolute Gasteiger partial charge is 0.343 e. The van der Waals surface area contributed by atoms with E-state index in [1.807, 2.05) is 0 Å². The summed E-state index contributed by atoms with van der Waals surface area (Å²) in [7, 11) is 0. The van der Waals surface area contributed by atoms with Crippen molar-refractivity contribution >= 4 is 11.9 Å². The van der Waals surface area contributed by atoms with Crippen LogP contribution in [0, 0.1) is 11.3 Å². The lowest BCUT2D eigenvalue weighted by atomic mass is 10.3. The van der Waals surface area contributed by atoms with Crippen LogP contribution in [0.15, 0.2) is 12.7 Å². The molecular weight excluding hydrogens is 162 g/mol. The molecule has 0 aromatic heterocycles. The summed E-state index contributed by atoms with van der Waals surface area (Å²) in [5.41, 5.74) is 0. The number of cyclic esters (lactones) is 2. The van der Waals surface area contributed by atoms with Crippen LogP contribution in [0.5, 0.6) is 0 Å². The molecule has 64 valence electrons. The van der Waals surface area contributed by atoms with Gasteiger partial charge >= 0.3 is 11.9 Å². The Kier molecular flexibility index (Phi) is 4.34. The lowest BCUT2D eigenvalue weighted by Gasteiger charge is -1.86. The van der Waals surface area contributed by atoms with Crippen LogP contribution in [-0.2, 0) is 14.3 Å². The summed E-state index contributed by atoms with van der Waals surface area (Å²) in [4.78, 5) is 20.2. The van der Waals surface area contributed by atoms with Crippen LogP contribution in [0.4, 0.5) is 0 Å². The maximum Gasteiger partial charge on any atom is 0.343 e. The lowest BCUT2D eigenvalue weighted by molar-refractivity contribution is -0.154. The van der Waals surface area contributed by atoms with Crippen LogP contribution < -0.4 is 0 Å². The van der Waals surface area contributed by atoms with Crippen LogP contribution in [-0.4, -0.2) is 23.1 Å². The first-order chi connectivity index (χ1) is 5.61. The lowest BCUT2D eigenvalue weighted by Crippen LogP contribution is -2.11. The van der Waals surface area contributed by atoms with Gasteiger partial charge in [0.05, 0.1) is 12.5 Å². The first-order valence-electron chi connectivity index (χ1n) is 3.05. The molecule has 1 heterocycles. The van der Waals surface area contributed by atoms with Crippen LogP contribution in [0.2, 0.25) is 0 Å². The summed E-state index contributed by atoms with van der Waals surface area (Å²) in [5.74, 6) is -1.49. The van der Waals surface area contributed by atoms with Gasteiger partial charge in [-0.2, -0.15) is 5.26 Å². The van der Waals surface area contributed by atoms with Gasteiger partial charge < -0.3 is 9.84 Å². The highest BCUT2D eigenvalue weighted by atomic mass is 16.6. The second-order valence-electron chi connectivity index (χ2n) is 1.85. The monoisotopic (exact) mass is 169 g/mol. The second-order valence-corrected chi connectivity index (χ2v) is 1.85. The number of hydrogen-bond donors (Lipinski definition) is 1. The molecule has 0 saturated carbocycles. The van der Waals surface area contributed by atoms with Gasteiger partial charge in [-0.15, -0.1) is 0 Å². The van der Waals surface area contributed by atoms with Crippen molar-refractivity contribution in [1.29, 1.82) is 5.26 Å². The van der Waals surface area contributed by atoms with E-state index in [-0.39, 0.29) is 6.42 Å². The molecule has 1 unspecified atom stereocenters. The van der Waals surface area contributed by atoms with Crippen molar-refractivity contribution in [3.8, 4) is 6.07 Å². The predicted octanol–water partition coefficient (Wildman–Crippen LogP) is -0.483. The molecule has 1 N–H and O–H groups in total. The molecule has 0 aromatic carbocycles. The number of carbonyl (C=O) groups excluding carboxylic acids is 2. The van der Waals surface area contributed by atoms with E-state index in [1.54, 1.807) is 6.07 Å². The Labute approximate surface area is 68.9 Å². The largest absolute Gasteiger partial charge is 0.391 e. The number of rotatable bonds is 0. The number of esters is 2. The number of carbonyl (C=O) groups is 2. The van der Waals surface area contributed by atoms with E-state index in [1.165, 1.54) is 6.08 Å². The third kappa shape index (κ3) is 3.49. The molecule has 1 aliphatic rings. The zero-order valence-electron chi connectivity index (χ0n) is 6.19. The van der Waals surface area contributed by atoms with E-state index in [4.69, 9.17) is 10.4 Å². The Morgan fingerprint density at radius 1 is 1.75 bits per heavy atom. The molecule has 0 radical (unpaired) electrons. The number of aliphatic hydroxyl groups is 1. The van der Waals surface area contributed by atoms with Gasteiger partial charge in [-0.25, -0.2) is 4.79 Å². The molecule has 0 amide bonds. The maximum atomic E-state index is 10.1. The van der Waals surface area contributed by atoms with Crippen LogP contribution >= 0.6 is 0 Å². The van der Waals surface area contributed by atoms with E-state index >= 15 is 0 Å². The van der Waals surface area contributed by atoms with Crippen molar-refractivity contribution in [3.05, 3.63) is 12.7 Å². The van der Waals surface area contributed by atoms with Crippen molar-refractivity contribution in [1.82, 2.24) is 0 Å². The number of nitriles is 1. The van der Waals surface area contributed by atoms with Crippen LogP contribution in [0.25, 0.3) is 0 Å². The quantitative estimate of drug-likeness (QED) is 0.300. The molecule has 1 fully saturated rings. The van der Waals surface area contributed by atoms with E-state index in [0.29, 0.717) is 0 Å². The summed E-state index contributed by atoms with van der Waals surface area (Å²) in [6.07, 6.45) is -0.235. The number of ether oxygens (including phenoxy) is 1. The van der Waals surface area contributed by atoms with Crippen molar-refractivity contribution < 1.29 is 19.4 Å². The minimum atomic E-state index is -1.22. The molecule has 5 heteroatoms. The predicted molar refractivity (Wildman–Crippen MR) is 37.5 cm³/mol. The van der Waals surface area contributed by atoms with Gasteiger partial charge in [-0.1, -0.05) is 6.58 Å². The summed E-state index contributed by atoms with van der Waals surface area (Å²) < 4.78 is 3.95. The highest BCUT2D eigenvalue weighted by Crippen LogP contribution is 2.05. The Morgan fingerprint density at radius 3 is 2.33 bits per heavy atom. The average Bonchev–Trinajstić information content (AvgIpc) is 2.30. The molecule has 0 spiro atoms. The van der Waals surface area contributed by atoms with Crippen molar-refractivity contribution in [2.24, 2.45) is 0 Å². The number of hydrogen-bond acceptors (Lipinski definition) is 5. The molecule has 1 aliphatic heterocycles. The van der Waals surface area contributed by atoms with E-state index < -0.39 is 18.0 Å². The van der Waals surface area contributed by atoms with E-state index in [0.717, 1.165) is 0 Å². The molecule has 1 atom stereocenters. The van der Waals surface area contributed by atoms with Gasteiger partial charge in [0, 0.05) is 6.08 Å². The highest BCUT2D eigenvalue weighted by Gasteiger charge is 2.30. The maximum absolute atomic E-state index is 10.1. The highest BCUT2D eigenvalue weighted by molar-refractivity contribution is 5.95. The third-order valence-electron chi connectivity index (χ3n) is 0.938. The molecule has 12 heavy (non-hydrogen) atoms. The number of allylic oxidation sites excluding steroid dienone is 1. The number of aliphatic hydroxyl groups excluding tert-OH is 1. The van der Waals surface area contributed by atoms with Gasteiger partial charge in [-0.05, 0) is 0 Å². The zero-order valence-corrected chi connectivity index (χ0v) is 6.19. The van der Waals surface area contributed by atoms with E-state index in [2.05, 4.69) is 11.3 Å². The van der Waals surface area contributed by atoms with Gasteiger partial charge in [0.1, 0.15) is 0 Å². The topological polar surface area (TPSA) is 87.4 Å². The summed E-state index contributed by atoms with van der Waals surface area (Å²) in [5, 5.41) is 16.0. The van der Waals surface area contributed by atoms with Crippen molar-refractivity contribution in [3.63, 3.8) is 0 Å². The Balaban J connectivity index is 0.000000261. The molecule has 1 saturated heterocycles. The fourth-order valence-corrected chi connectivity index (χ4v) is 0.463. The summed E-state index contributed by atoms with van der Waals surface area (Å²) >= 11 is 0. The number of nitrogens with zero attached hydrogens (tertiary/aromatic N) is 1. The van der Waals surface area contributed by atoms with Gasteiger partial charge in [0.25, 0.3) is 0 Å². The molecule has 5 nitrogen and oxygen atoms in total. The first-order valence-corrected chi connectivity index (χ1v) is 3.05. The fourth-order valence-electron chi connectivity index (χ4n) is 0.463. The van der Waals surface area contributed by atoms with Gasteiger partial charge in [0.2, 0.25) is 0 Å².